The largest absolute Gasteiger partial charge is 0.478 e. The minimum atomic E-state index is -0.734. The van der Waals surface area contributed by atoms with E-state index in [0.717, 1.165) is 12.8 Å². The number of carboxylic acid groups (broad SMARTS) is 1. The van der Waals surface area contributed by atoms with Crippen molar-refractivity contribution in [1.29, 1.82) is 0 Å². The van der Waals surface area contributed by atoms with Crippen LogP contribution in [0, 0.1) is 23.7 Å². The highest BCUT2D eigenvalue weighted by atomic mass is 16.4. The molecule has 0 unspecified atom stereocenters. The summed E-state index contributed by atoms with van der Waals surface area (Å²) in [6.07, 6.45) is 6.01. The Morgan fingerprint density at radius 2 is 2.12 bits per heavy atom. The van der Waals surface area contributed by atoms with Crippen molar-refractivity contribution in [3.8, 4) is 0 Å². The van der Waals surface area contributed by atoms with Crippen LogP contribution in [0.1, 0.15) is 39.5 Å². The summed E-state index contributed by atoms with van der Waals surface area (Å²) in [5, 5.41) is 9.13. The third-order valence-corrected chi connectivity index (χ3v) is 4.53. The summed E-state index contributed by atoms with van der Waals surface area (Å²) in [5.74, 6) is 1.46. The standard InChI is InChI=1S/C15H22O2/c1-9(2)12-6-4-10(3)13-7-5-11(15(16)17)8-14(12)13/h8-9,12-14H,3-7H2,1-2H3,(H,16,17)/t12-,13-,14-/m0/s1. The van der Waals surface area contributed by atoms with E-state index >= 15 is 0 Å². The summed E-state index contributed by atoms with van der Waals surface area (Å²) in [6, 6.07) is 0. The zero-order valence-electron chi connectivity index (χ0n) is 10.8. The Labute approximate surface area is 103 Å². The third kappa shape index (κ3) is 2.31. The lowest BCUT2D eigenvalue weighted by molar-refractivity contribution is -0.133. The molecule has 2 nitrogen and oxygen atoms in total. The van der Waals surface area contributed by atoms with Gasteiger partial charge in [-0.3, -0.25) is 0 Å². The van der Waals surface area contributed by atoms with E-state index < -0.39 is 5.97 Å². The molecular formula is C15H22O2. The molecule has 0 aromatic heterocycles. The molecule has 0 saturated heterocycles. The lowest BCUT2D eigenvalue weighted by Gasteiger charge is -2.42. The number of hydrogen-bond donors (Lipinski definition) is 1. The first-order valence-corrected chi connectivity index (χ1v) is 6.62. The first-order valence-electron chi connectivity index (χ1n) is 6.62. The highest BCUT2D eigenvalue weighted by molar-refractivity contribution is 5.86. The van der Waals surface area contributed by atoms with Crippen LogP contribution in [0.3, 0.4) is 0 Å². The van der Waals surface area contributed by atoms with Crippen molar-refractivity contribution in [3.63, 3.8) is 0 Å². The van der Waals surface area contributed by atoms with E-state index in [1.54, 1.807) is 0 Å². The molecule has 3 atom stereocenters. The smallest absolute Gasteiger partial charge is 0.331 e. The van der Waals surface area contributed by atoms with Crippen molar-refractivity contribution in [3.05, 3.63) is 23.8 Å². The fraction of sp³-hybridized carbons (Fsp3) is 0.667. The number of carbonyl (C=O) groups is 1. The van der Waals surface area contributed by atoms with Crippen molar-refractivity contribution in [2.75, 3.05) is 0 Å². The van der Waals surface area contributed by atoms with Gasteiger partial charge >= 0.3 is 5.97 Å². The molecule has 0 heterocycles. The highest BCUT2D eigenvalue weighted by Crippen LogP contribution is 2.47. The molecule has 1 saturated carbocycles. The van der Waals surface area contributed by atoms with Crippen molar-refractivity contribution >= 4 is 5.97 Å². The van der Waals surface area contributed by atoms with Crippen molar-refractivity contribution < 1.29 is 9.90 Å². The van der Waals surface area contributed by atoms with Crippen LogP contribution in [-0.4, -0.2) is 11.1 Å². The van der Waals surface area contributed by atoms with E-state index in [1.807, 2.05) is 6.08 Å². The predicted octanol–water partition coefficient (Wildman–Crippen LogP) is 3.65. The van der Waals surface area contributed by atoms with E-state index in [2.05, 4.69) is 20.4 Å². The van der Waals surface area contributed by atoms with Crippen LogP contribution >= 0.6 is 0 Å². The first-order chi connectivity index (χ1) is 8.00. The molecule has 2 aliphatic carbocycles. The van der Waals surface area contributed by atoms with Crippen molar-refractivity contribution in [1.82, 2.24) is 0 Å². The Morgan fingerprint density at radius 3 is 2.71 bits per heavy atom. The summed E-state index contributed by atoms with van der Waals surface area (Å²) in [7, 11) is 0. The fourth-order valence-corrected chi connectivity index (χ4v) is 3.52. The van der Waals surface area contributed by atoms with Crippen LogP contribution in [0.2, 0.25) is 0 Å². The summed E-state index contributed by atoms with van der Waals surface area (Å²) in [5.41, 5.74) is 1.96. The number of rotatable bonds is 2. The molecule has 2 aliphatic rings. The average molecular weight is 234 g/mol. The van der Waals surface area contributed by atoms with Crippen LogP contribution in [-0.2, 0) is 4.79 Å². The minimum Gasteiger partial charge on any atom is -0.478 e. The summed E-state index contributed by atoms with van der Waals surface area (Å²) < 4.78 is 0. The van der Waals surface area contributed by atoms with Gasteiger partial charge in [0.25, 0.3) is 0 Å². The topological polar surface area (TPSA) is 37.3 Å². The van der Waals surface area contributed by atoms with Gasteiger partial charge in [0.05, 0.1) is 0 Å². The molecule has 0 aromatic rings. The molecule has 2 heteroatoms. The quantitative estimate of drug-likeness (QED) is 0.740. The van der Waals surface area contributed by atoms with Crippen molar-refractivity contribution in [2.45, 2.75) is 39.5 Å². The van der Waals surface area contributed by atoms with Crippen LogP contribution in [0.25, 0.3) is 0 Å². The Kier molecular flexibility index (Phi) is 3.41. The first kappa shape index (κ1) is 12.4. The monoisotopic (exact) mass is 234 g/mol. The zero-order valence-corrected chi connectivity index (χ0v) is 10.8. The Morgan fingerprint density at radius 1 is 1.41 bits per heavy atom. The second-order valence-corrected chi connectivity index (χ2v) is 5.82. The Hall–Kier alpha value is -1.05. The minimum absolute atomic E-state index is 0.413. The number of carboxylic acids is 1. The molecule has 0 bridgehead atoms. The molecule has 0 radical (unpaired) electrons. The maximum Gasteiger partial charge on any atom is 0.331 e. The number of fused-ring (bicyclic) bond motifs is 1. The zero-order chi connectivity index (χ0) is 12.6. The van der Waals surface area contributed by atoms with Gasteiger partial charge in [0, 0.05) is 5.57 Å². The van der Waals surface area contributed by atoms with Crippen LogP contribution in [0.15, 0.2) is 23.8 Å². The van der Waals surface area contributed by atoms with Gasteiger partial charge in [-0.1, -0.05) is 32.1 Å². The summed E-state index contributed by atoms with van der Waals surface area (Å²) in [4.78, 5) is 11.1. The van der Waals surface area contributed by atoms with Gasteiger partial charge in [-0.15, -0.1) is 0 Å². The predicted molar refractivity (Wildman–Crippen MR) is 68.6 cm³/mol. The normalized spacial score (nSPS) is 33.2. The van der Waals surface area contributed by atoms with Crippen LogP contribution in [0.5, 0.6) is 0 Å². The van der Waals surface area contributed by atoms with Crippen LogP contribution < -0.4 is 0 Å². The summed E-state index contributed by atoms with van der Waals surface area (Å²) >= 11 is 0. The lowest BCUT2D eigenvalue weighted by Crippen LogP contribution is -2.34. The fourth-order valence-electron chi connectivity index (χ4n) is 3.52. The van der Waals surface area contributed by atoms with Gasteiger partial charge in [-0.05, 0) is 49.4 Å². The van der Waals surface area contributed by atoms with Gasteiger partial charge in [0.15, 0.2) is 0 Å². The number of allylic oxidation sites excluding steroid dienone is 2. The third-order valence-electron chi connectivity index (χ3n) is 4.53. The maximum absolute atomic E-state index is 11.1. The Balaban J connectivity index is 2.28. The molecule has 0 aliphatic heterocycles. The molecule has 0 amide bonds. The van der Waals surface area contributed by atoms with Crippen molar-refractivity contribution in [2.24, 2.45) is 23.7 Å². The second kappa shape index (κ2) is 4.67. The van der Waals surface area contributed by atoms with E-state index in [9.17, 15) is 4.79 Å². The lowest BCUT2D eigenvalue weighted by atomic mass is 9.62. The number of hydrogen-bond acceptors (Lipinski definition) is 1. The maximum atomic E-state index is 11.1. The molecule has 94 valence electrons. The van der Waals surface area contributed by atoms with Gasteiger partial charge in [0.2, 0.25) is 0 Å². The number of aliphatic carboxylic acids is 1. The average Bonchev–Trinajstić information content (AvgIpc) is 2.28. The molecule has 2 rings (SSSR count). The molecule has 0 aromatic carbocycles. The molecular weight excluding hydrogens is 212 g/mol. The highest BCUT2D eigenvalue weighted by Gasteiger charge is 2.38. The van der Waals surface area contributed by atoms with Gasteiger partial charge in [-0.25, -0.2) is 4.79 Å². The van der Waals surface area contributed by atoms with E-state index in [-0.39, 0.29) is 0 Å². The van der Waals surface area contributed by atoms with E-state index in [1.165, 1.54) is 12.0 Å². The summed E-state index contributed by atoms with van der Waals surface area (Å²) in [6.45, 7) is 8.68. The second-order valence-electron chi connectivity index (χ2n) is 5.82. The van der Waals surface area contributed by atoms with Gasteiger partial charge in [0.1, 0.15) is 0 Å². The van der Waals surface area contributed by atoms with Gasteiger partial charge in [-0.2, -0.15) is 0 Å². The molecule has 0 spiro atoms. The van der Waals surface area contributed by atoms with E-state index in [4.69, 9.17) is 5.11 Å². The Bertz CT molecular complexity index is 365. The van der Waals surface area contributed by atoms with E-state index in [0.29, 0.717) is 35.7 Å². The molecule has 1 N–H and O–H groups in total. The SMILES string of the molecule is C=C1CC[C@@H](C(C)C)[C@@H]2C=C(C(=O)O)CC[C@@H]12. The molecule has 1 fully saturated rings. The molecule has 17 heavy (non-hydrogen) atoms. The van der Waals surface area contributed by atoms with Crippen LogP contribution in [0.4, 0.5) is 0 Å². The van der Waals surface area contributed by atoms with Gasteiger partial charge < -0.3 is 5.11 Å².